The van der Waals surface area contributed by atoms with Gasteiger partial charge in [0.1, 0.15) is 5.75 Å². The van der Waals surface area contributed by atoms with Crippen LogP contribution in [0.4, 0.5) is 0 Å². The van der Waals surface area contributed by atoms with Crippen LogP contribution in [-0.2, 0) is 0 Å². The topological polar surface area (TPSA) is 70.3 Å². The van der Waals surface area contributed by atoms with Gasteiger partial charge in [0.05, 0.1) is 12.9 Å². The monoisotopic (exact) mass is 498 g/mol. The van der Waals surface area contributed by atoms with Crippen molar-refractivity contribution in [3.8, 4) is 5.75 Å². The average molecular weight is 498 g/mol. The minimum Gasteiger partial charge on any atom is -0.494 e. The lowest BCUT2D eigenvalue weighted by Gasteiger charge is -2.36. The van der Waals surface area contributed by atoms with Gasteiger partial charge in [-0.2, -0.15) is 0 Å². The van der Waals surface area contributed by atoms with Crippen LogP contribution < -0.4 is 10.1 Å². The third kappa shape index (κ3) is 6.15. The molecular formula is C20H27IN4O3. The Morgan fingerprint density at radius 2 is 1.82 bits per heavy atom. The van der Waals surface area contributed by atoms with Gasteiger partial charge >= 0.3 is 0 Å². The molecule has 1 N–H and O–H groups in total. The predicted molar refractivity (Wildman–Crippen MR) is 120 cm³/mol. The van der Waals surface area contributed by atoms with Crippen LogP contribution in [0.3, 0.4) is 0 Å². The van der Waals surface area contributed by atoms with E-state index in [1.165, 1.54) is 6.26 Å². The summed E-state index contributed by atoms with van der Waals surface area (Å²) < 4.78 is 10.9. The number of amides is 1. The summed E-state index contributed by atoms with van der Waals surface area (Å²) in [5, 5.41) is 3.37. The quantitative estimate of drug-likeness (QED) is 0.287. The number of nitrogens with one attached hydrogen (secondary N) is 1. The van der Waals surface area contributed by atoms with Gasteiger partial charge < -0.3 is 24.3 Å². The van der Waals surface area contributed by atoms with Crippen LogP contribution in [-0.4, -0.2) is 68.0 Å². The summed E-state index contributed by atoms with van der Waals surface area (Å²) in [4.78, 5) is 20.7. The number of nitrogens with zero attached hydrogens (tertiary/aromatic N) is 3. The minimum absolute atomic E-state index is 0. The van der Waals surface area contributed by atoms with E-state index in [1.54, 1.807) is 19.2 Å². The molecule has 1 aliphatic heterocycles. The van der Waals surface area contributed by atoms with Crippen LogP contribution in [0, 0.1) is 0 Å². The summed E-state index contributed by atoms with van der Waals surface area (Å²) in [7, 11) is 1.78. The Hall–Kier alpha value is -2.23. The first kappa shape index (κ1) is 22.1. The Bertz CT molecular complexity index is 729. The number of furan rings is 1. The van der Waals surface area contributed by atoms with E-state index in [-0.39, 0.29) is 29.9 Å². The van der Waals surface area contributed by atoms with Crippen molar-refractivity contribution >= 4 is 35.8 Å². The molecule has 2 aromatic rings. The third-order valence-electron chi connectivity index (χ3n) is 4.43. The number of halogens is 1. The van der Waals surface area contributed by atoms with Crippen LogP contribution in [0.15, 0.2) is 58.1 Å². The maximum Gasteiger partial charge on any atom is 0.289 e. The molecule has 1 saturated heterocycles. The van der Waals surface area contributed by atoms with Gasteiger partial charge in [-0.05, 0) is 30.7 Å². The van der Waals surface area contributed by atoms with E-state index in [1.807, 2.05) is 35.2 Å². The molecule has 1 aromatic heterocycles. The molecule has 0 saturated carbocycles. The van der Waals surface area contributed by atoms with Crippen molar-refractivity contribution in [1.29, 1.82) is 0 Å². The van der Waals surface area contributed by atoms with Gasteiger partial charge in [-0.15, -0.1) is 24.0 Å². The summed E-state index contributed by atoms with van der Waals surface area (Å²) in [5.41, 5.74) is 0. The molecule has 3 rings (SSSR count). The number of piperazine rings is 1. The van der Waals surface area contributed by atoms with Gasteiger partial charge in [-0.25, -0.2) is 0 Å². The molecule has 0 unspecified atom stereocenters. The number of hydrogen-bond acceptors (Lipinski definition) is 4. The second kappa shape index (κ2) is 11.6. The fraction of sp³-hybridized carbons (Fsp3) is 0.400. The second-order valence-electron chi connectivity index (χ2n) is 6.25. The van der Waals surface area contributed by atoms with E-state index in [2.05, 4.69) is 15.2 Å². The Morgan fingerprint density at radius 1 is 1.11 bits per heavy atom. The zero-order chi connectivity index (χ0) is 18.9. The molecule has 7 nitrogen and oxygen atoms in total. The van der Waals surface area contributed by atoms with Crippen LogP contribution in [0.1, 0.15) is 17.0 Å². The molecule has 0 spiro atoms. The molecule has 8 heteroatoms. The van der Waals surface area contributed by atoms with E-state index in [9.17, 15) is 4.79 Å². The summed E-state index contributed by atoms with van der Waals surface area (Å²) in [6.07, 6.45) is 2.40. The molecule has 1 fully saturated rings. The Kier molecular flexibility index (Phi) is 9.12. The lowest BCUT2D eigenvalue weighted by Crippen LogP contribution is -2.53. The number of aliphatic imine (C=N–C) groups is 1. The highest BCUT2D eigenvalue weighted by Gasteiger charge is 2.24. The van der Waals surface area contributed by atoms with Crippen LogP contribution in [0.25, 0.3) is 0 Å². The Labute approximate surface area is 182 Å². The average Bonchev–Trinajstić information content (AvgIpc) is 3.26. The molecule has 152 valence electrons. The number of rotatable bonds is 6. The zero-order valence-corrected chi connectivity index (χ0v) is 18.4. The van der Waals surface area contributed by atoms with E-state index in [4.69, 9.17) is 9.15 Å². The van der Waals surface area contributed by atoms with E-state index >= 15 is 0 Å². The Balaban J connectivity index is 0.00000280. The molecule has 0 radical (unpaired) electrons. The van der Waals surface area contributed by atoms with E-state index in [0.717, 1.165) is 37.8 Å². The number of carbonyl (C=O) groups is 1. The SMILES string of the molecule is CN=C(NCCCOc1ccccc1)N1CCN(C(=O)c2ccco2)CC1.I. The Morgan fingerprint density at radius 3 is 2.46 bits per heavy atom. The summed E-state index contributed by atoms with van der Waals surface area (Å²) in [6, 6.07) is 13.2. The number of hydrogen-bond donors (Lipinski definition) is 1. The van der Waals surface area contributed by atoms with Gasteiger partial charge in [0.2, 0.25) is 0 Å². The van der Waals surface area contributed by atoms with Crippen molar-refractivity contribution in [2.45, 2.75) is 6.42 Å². The summed E-state index contributed by atoms with van der Waals surface area (Å²) in [5.74, 6) is 2.09. The fourth-order valence-corrected chi connectivity index (χ4v) is 2.99. The minimum atomic E-state index is -0.0549. The van der Waals surface area contributed by atoms with Crippen LogP contribution >= 0.6 is 24.0 Å². The van der Waals surface area contributed by atoms with Crippen molar-refractivity contribution in [2.75, 3.05) is 46.4 Å². The summed E-state index contributed by atoms with van der Waals surface area (Å²) >= 11 is 0. The van der Waals surface area contributed by atoms with Crippen molar-refractivity contribution in [3.05, 3.63) is 54.5 Å². The van der Waals surface area contributed by atoms with Crippen molar-refractivity contribution < 1.29 is 13.9 Å². The maximum absolute atomic E-state index is 12.3. The van der Waals surface area contributed by atoms with Crippen LogP contribution in [0.2, 0.25) is 0 Å². The van der Waals surface area contributed by atoms with Crippen molar-refractivity contribution in [1.82, 2.24) is 15.1 Å². The van der Waals surface area contributed by atoms with Gasteiger partial charge in [0.15, 0.2) is 11.7 Å². The molecule has 2 heterocycles. The van der Waals surface area contributed by atoms with E-state index < -0.39 is 0 Å². The maximum atomic E-state index is 12.3. The highest BCUT2D eigenvalue weighted by Crippen LogP contribution is 2.10. The second-order valence-corrected chi connectivity index (χ2v) is 6.25. The largest absolute Gasteiger partial charge is 0.494 e. The third-order valence-corrected chi connectivity index (χ3v) is 4.43. The smallest absolute Gasteiger partial charge is 0.289 e. The number of benzene rings is 1. The van der Waals surface area contributed by atoms with Gasteiger partial charge in [0.25, 0.3) is 5.91 Å². The van der Waals surface area contributed by atoms with Crippen LogP contribution in [0.5, 0.6) is 5.75 Å². The lowest BCUT2D eigenvalue weighted by atomic mass is 10.3. The molecule has 28 heavy (non-hydrogen) atoms. The molecule has 0 bridgehead atoms. The first-order chi connectivity index (χ1) is 13.3. The molecule has 1 amide bonds. The molecule has 0 atom stereocenters. The molecular weight excluding hydrogens is 471 g/mol. The summed E-state index contributed by atoms with van der Waals surface area (Å²) in [6.45, 7) is 4.22. The highest BCUT2D eigenvalue weighted by atomic mass is 127. The number of carbonyl (C=O) groups excluding carboxylic acids is 1. The first-order valence-corrected chi connectivity index (χ1v) is 9.24. The normalized spacial score (nSPS) is 14.4. The van der Waals surface area contributed by atoms with E-state index in [0.29, 0.717) is 25.5 Å². The first-order valence-electron chi connectivity index (χ1n) is 9.24. The highest BCUT2D eigenvalue weighted by molar-refractivity contribution is 14.0. The fourth-order valence-electron chi connectivity index (χ4n) is 2.99. The standard InChI is InChI=1S/C20H26N4O3.HI/c1-21-20(22-10-6-16-26-17-7-3-2-4-8-17)24-13-11-23(12-14-24)19(25)18-9-5-15-27-18;/h2-5,7-9,15H,6,10-14,16H2,1H3,(H,21,22);1H. The molecule has 0 aliphatic carbocycles. The lowest BCUT2D eigenvalue weighted by molar-refractivity contribution is 0.0657. The predicted octanol–water partition coefficient (Wildman–Crippen LogP) is 2.70. The van der Waals surface area contributed by atoms with Gasteiger partial charge in [-0.1, -0.05) is 18.2 Å². The zero-order valence-electron chi connectivity index (χ0n) is 16.0. The number of para-hydroxylation sites is 1. The molecule has 1 aliphatic rings. The number of guanidine groups is 1. The number of ether oxygens (including phenoxy) is 1. The van der Waals surface area contributed by atoms with Crippen molar-refractivity contribution in [3.63, 3.8) is 0 Å². The molecule has 1 aromatic carbocycles. The van der Waals surface area contributed by atoms with Gasteiger partial charge in [0, 0.05) is 39.8 Å². The van der Waals surface area contributed by atoms with Crippen molar-refractivity contribution in [2.24, 2.45) is 4.99 Å². The van der Waals surface area contributed by atoms with Gasteiger partial charge in [-0.3, -0.25) is 9.79 Å².